The number of aliphatic hydroxyl groups is 1. The maximum atomic E-state index is 12.6. The van der Waals surface area contributed by atoms with Gasteiger partial charge < -0.3 is 10.0 Å². The minimum absolute atomic E-state index is 0.180. The summed E-state index contributed by atoms with van der Waals surface area (Å²) < 4.78 is 12.6. The first-order valence-corrected chi connectivity index (χ1v) is 11.4. The van der Waals surface area contributed by atoms with Gasteiger partial charge in [0.15, 0.2) is 0 Å². The summed E-state index contributed by atoms with van der Waals surface area (Å²) in [6, 6.07) is 11.2. The zero-order valence-electron chi connectivity index (χ0n) is 17.2. The molecule has 1 N–H and O–H groups in total. The predicted molar refractivity (Wildman–Crippen MR) is 112 cm³/mol. The van der Waals surface area contributed by atoms with Crippen LogP contribution in [0.25, 0.3) is 0 Å². The zero-order valence-corrected chi connectivity index (χ0v) is 17.2. The Morgan fingerprint density at radius 1 is 1.04 bits per heavy atom. The molecule has 2 saturated heterocycles. The van der Waals surface area contributed by atoms with Gasteiger partial charge in [0, 0.05) is 19.1 Å². The first-order chi connectivity index (χ1) is 13.7. The summed E-state index contributed by atoms with van der Waals surface area (Å²) in [7, 11) is 0. The van der Waals surface area contributed by atoms with E-state index in [0.717, 1.165) is 52.0 Å². The standard InChI is InChI=1S/C24H37FN2O/c25-13-5-15-26-14-4-11-24(19-26)12-8-23(28)22(18-24)27-16-9-21(10-17-27)20-6-2-1-3-7-20/h1-3,6-7,21-23,28H,4-5,8-19H2/t22-,23-,24-/m0/s1. The van der Waals surface area contributed by atoms with E-state index in [1.165, 1.54) is 31.2 Å². The predicted octanol–water partition coefficient (Wildman–Crippen LogP) is 4.22. The topological polar surface area (TPSA) is 26.7 Å². The van der Waals surface area contributed by atoms with E-state index in [2.05, 4.69) is 40.1 Å². The lowest BCUT2D eigenvalue weighted by molar-refractivity contribution is -0.0585. The SMILES string of the molecule is O[C@H]1CC[C@@]2(CCCN(CCCF)C2)C[C@@H]1N1CCC(c2ccccc2)CC1. The average Bonchev–Trinajstić information content (AvgIpc) is 2.75. The van der Waals surface area contributed by atoms with Gasteiger partial charge in [-0.25, -0.2) is 0 Å². The van der Waals surface area contributed by atoms with Crippen molar-refractivity contribution in [2.24, 2.45) is 5.41 Å². The van der Waals surface area contributed by atoms with Crippen LogP contribution in [-0.2, 0) is 0 Å². The smallest absolute Gasteiger partial charge is 0.0906 e. The van der Waals surface area contributed by atoms with E-state index in [9.17, 15) is 9.50 Å². The molecule has 0 amide bonds. The van der Waals surface area contributed by atoms with Crippen molar-refractivity contribution in [3.8, 4) is 0 Å². The fourth-order valence-electron chi connectivity index (χ4n) is 6.15. The number of hydrogen-bond donors (Lipinski definition) is 1. The number of aliphatic hydroxyl groups excluding tert-OH is 1. The summed E-state index contributed by atoms with van der Waals surface area (Å²) in [6.07, 6.45) is 8.57. The second-order valence-electron chi connectivity index (χ2n) is 9.52. The summed E-state index contributed by atoms with van der Waals surface area (Å²) >= 11 is 0. The van der Waals surface area contributed by atoms with Crippen molar-refractivity contribution < 1.29 is 9.50 Å². The van der Waals surface area contributed by atoms with Crippen LogP contribution < -0.4 is 0 Å². The fourth-order valence-corrected chi connectivity index (χ4v) is 6.15. The number of rotatable bonds is 5. The van der Waals surface area contributed by atoms with E-state index in [1.807, 2.05) is 0 Å². The number of nitrogens with zero attached hydrogens (tertiary/aromatic N) is 2. The van der Waals surface area contributed by atoms with Gasteiger partial charge in [-0.05, 0) is 87.9 Å². The van der Waals surface area contributed by atoms with E-state index in [1.54, 1.807) is 0 Å². The molecule has 3 nitrogen and oxygen atoms in total. The van der Waals surface area contributed by atoms with Gasteiger partial charge in [0.05, 0.1) is 12.8 Å². The second-order valence-corrected chi connectivity index (χ2v) is 9.52. The highest BCUT2D eigenvalue weighted by atomic mass is 19.1. The summed E-state index contributed by atoms with van der Waals surface area (Å²) in [5.41, 5.74) is 1.81. The van der Waals surface area contributed by atoms with Crippen LogP contribution in [0.15, 0.2) is 30.3 Å². The number of hydrogen-bond acceptors (Lipinski definition) is 3. The number of piperidine rings is 2. The largest absolute Gasteiger partial charge is 0.391 e. The molecule has 0 unspecified atom stereocenters. The first kappa shape index (κ1) is 20.3. The van der Waals surface area contributed by atoms with Gasteiger partial charge in [0.25, 0.3) is 0 Å². The maximum Gasteiger partial charge on any atom is 0.0906 e. The third kappa shape index (κ3) is 4.60. The highest BCUT2D eigenvalue weighted by Gasteiger charge is 2.45. The molecule has 1 aromatic rings. The number of alkyl halides is 1. The number of benzene rings is 1. The fraction of sp³-hybridized carbons (Fsp3) is 0.750. The minimum Gasteiger partial charge on any atom is -0.391 e. The lowest BCUT2D eigenvalue weighted by Crippen LogP contribution is -2.56. The Morgan fingerprint density at radius 2 is 1.82 bits per heavy atom. The third-order valence-electron chi connectivity index (χ3n) is 7.67. The summed E-state index contributed by atoms with van der Waals surface area (Å²) in [4.78, 5) is 5.07. The van der Waals surface area contributed by atoms with Gasteiger partial charge in [-0.1, -0.05) is 30.3 Å². The molecule has 28 heavy (non-hydrogen) atoms. The van der Waals surface area contributed by atoms with Crippen molar-refractivity contribution in [3.05, 3.63) is 35.9 Å². The quantitative estimate of drug-likeness (QED) is 0.818. The Bertz CT molecular complexity index is 604. The van der Waals surface area contributed by atoms with Gasteiger partial charge in [0.1, 0.15) is 0 Å². The van der Waals surface area contributed by atoms with Gasteiger partial charge in [0.2, 0.25) is 0 Å². The summed E-state index contributed by atoms with van der Waals surface area (Å²) in [6.45, 7) is 5.12. The highest BCUT2D eigenvalue weighted by molar-refractivity contribution is 5.20. The van der Waals surface area contributed by atoms with E-state index >= 15 is 0 Å². The Balaban J connectivity index is 1.36. The average molecular weight is 389 g/mol. The lowest BCUT2D eigenvalue weighted by atomic mass is 9.66. The molecule has 3 fully saturated rings. The van der Waals surface area contributed by atoms with E-state index < -0.39 is 0 Å². The minimum atomic E-state index is -0.207. The van der Waals surface area contributed by atoms with Crippen LogP contribution in [-0.4, -0.2) is 66.5 Å². The maximum absolute atomic E-state index is 12.6. The van der Waals surface area contributed by atoms with Gasteiger partial charge in [-0.2, -0.15) is 0 Å². The molecule has 4 heteroatoms. The third-order valence-corrected chi connectivity index (χ3v) is 7.67. The van der Waals surface area contributed by atoms with Crippen molar-refractivity contribution >= 4 is 0 Å². The Labute approximate surface area is 169 Å². The summed E-state index contributed by atoms with van der Waals surface area (Å²) in [5.74, 6) is 0.665. The molecule has 1 aromatic carbocycles. The molecule has 3 aliphatic rings. The highest BCUT2D eigenvalue weighted by Crippen LogP contribution is 2.45. The molecule has 2 heterocycles. The van der Waals surface area contributed by atoms with Gasteiger partial charge in [-0.3, -0.25) is 9.29 Å². The van der Waals surface area contributed by atoms with Crippen molar-refractivity contribution in [1.29, 1.82) is 0 Å². The zero-order chi connectivity index (χ0) is 19.4. The molecule has 156 valence electrons. The lowest BCUT2D eigenvalue weighted by Gasteiger charge is -2.52. The molecule has 0 aromatic heterocycles. The van der Waals surface area contributed by atoms with Crippen LogP contribution in [0.1, 0.15) is 62.8 Å². The van der Waals surface area contributed by atoms with Crippen LogP contribution in [0.3, 0.4) is 0 Å². The molecule has 1 spiro atoms. The number of halogens is 1. The van der Waals surface area contributed by atoms with E-state index in [-0.39, 0.29) is 12.8 Å². The van der Waals surface area contributed by atoms with Crippen LogP contribution in [0.4, 0.5) is 4.39 Å². The van der Waals surface area contributed by atoms with E-state index in [4.69, 9.17) is 0 Å². The van der Waals surface area contributed by atoms with Crippen LogP contribution in [0.5, 0.6) is 0 Å². The molecular weight excluding hydrogens is 351 g/mol. The van der Waals surface area contributed by atoms with Crippen LogP contribution in [0.2, 0.25) is 0 Å². The Kier molecular flexibility index (Phi) is 6.70. The van der Waals surface area contributed by atoms with Crippen LogP contribution in [0, 0.1) is 5.41 Å². The second kappa shape index (κ2) is 9.23. The van der Waals surface area contributed by atoms with Crippen LogP contribution >= 0.6 is 0 Å². The Hall–Kier alpha value is -0.970. The molecule has 1 saturated carbocycles. The summed E-state index contributed by atoms with van der Waals surface area (Å²) in [5, 5.41) is 10.8. The normalized spacial score (nSPS) is 33.4. The molecule has 2 aliphatic heterocycles. The first-order valence-electron chi connectivity index (χ1n) is 11.4. The monoisotopic (exact) mass is 388 g/mol. The van der Waals surface area contributed by atoms with Gasteiger partial charge in [-0.15, -0.1) is 0 Å². The molecule has 0 bridgehead atoms. The molecular formula is C24H37FN2O. The van der Waals surface area contributed by atoms with Crippen molar-refractivity contribution in [3.63, 3.8) is 0 Å². The van der Waals surface area contributed by atoms with Crippen molar-refractivity contribution in [1.82, 2.24) is 9.80 Å². The molecule has 0 radical (unpaired) electrons. The Morgan fingerprint density at radius 3 is 2.57 bits per heavy atom. The van der Waals surface area contributed by atoms with E-state index in [0.29, 0.717) is 23.8 Å². The molecule has 4 rings (SSSR count). The van der Waals surface area contributed by atoms with Gasteiger partial charge >= 0.3 is 0 Å². The van der Waals surface area contributed by atoms with Crippen molar-refractivity contribution in [2.75, 3.05) is 39.4 Å². The molecule has 1 aliphatic carbocycles. The molecule has 3 atom stereocenters. The van der Waals surface area contributed by atoms with Crippen molar-refractivity contribution in [2.45, 2.75) is 69.4 Å². The number of likely N-dealkylation sites (tertiary alicyclic amines) is 2.